The fourth-order valence-corrected chi connectivity index (χ4v) is 3.12. The minimum absolute atomic E-state index is 0.621. The van der Waals surface area contributed by atoms with Crippen LogP contribution in [0.15, 0.2) is 23.1 Å². The van der Waals surface area contributed by atoms with E-state index in [2.05, 4.69) is 17.4 Å². The molecule has 0 spiro atoms. The van der Waals surface area contributed by atoms with Crippen LogP contribution in [0, 0.1) is 0 Å². The molecule has 17 heavy (non-hydrogen) atoms. The first-order chi connectivity index (χ1) is 8.31. The molecule has 0 atom stereocenters. The van der Waals surface area contributed by atoms with E-state index in [1.165, 1.54) is 23.3 Å². The average Bonchev–Trinajstić information content (AvgIpc) is 3.06. The third kappa shape index (κ3) is 3.16. The van der Waals surface area contributed by atoms with Gasteiger partial charge in [0.25, 0.3) is 0 Å². The van der Waals surface area contributed by atoms with Crippen LogP contribution in [0.1, 0.15) is 18.4 Å². The minimum atomic E-state index is 0.621. The van der Waals surface area contributed by atoms with Crippen LogP contribution in [-0.2, 0) is 11.3 Å². The summed E-state index contributed by atoms with van der Waals surface area (Å²) in [4.78, 5) is 1.34. The molecule has 92 valence electrons. The van der Waals surface area contributed by atoms with Gasteiger partial charge in [-0.05, 0) is 36.6 Å². The summed E-state index contributed by atoms with van der Waals surface area (Å²) in [6.45, 7) is 2.69. The van der Waals surface area contributed by atoms with Crippen LogP contribution in [0.5, 0.6) is 0 Å². The Bertz CT molecular complexity index is 404. The molecule has 2 aliphatic rings. The highest BCUT2D eigenvalue weighted by Crippen LogP contribution is 2.32. The lowest BCUT2D eigenvalue weighted by molar-refractivity contribution is 0.0455. The third-order valence-corrected chi connectivity index (χ3v) is 4.57. The van der Waals surface area contributed by atoms with Crippen LogP contribution in [0.2, 0.25) is 5.02 Å². The van der Waals surface area contributed by atoms with Gasteiger partial charge in [-0.25, -0.2) is 0 Å². The van der Waals surface area contributed by atoms with Gasteiger partial charge in [0, 0.05) is 22.5 Å². The van der Waals surface area contributed by atoms with Crippen molar-refractivity contribution in [2.75, 3.05) is 13.2 Å². The predicted octanol–water partition coefficient (Wildman–Crippen LogP) is 3.08. The minimum Gasteiger partial charge on any atom is -0.379 e. The van der Waals surface area contributed by atoms with Crippen LogP contribution in [0.4, 0.5) is 0 Å². The summed E-state index contributed by atoms with van der Waals surface area (Å²) in [6, 6.07) is 6.93. The molecular weight excluding hydrogens is 254 g/mol. The van der Waals surface area contributed by atoms with Gasteiger partial charge in [0.2, 0.25) is 0 Å². The maximum Gasteiger partial charge on any atom is 0.0611 e. The molecule has 1 saturated carbocycles. The van der Waals surface area contributed by atoms with Gasteiger partial charge in [0.1, 0.15) is 0 Å². The zero-order valence-electron chi connectivity index (χ0n) is 9.62. The Morgan fingerprint density at radius 1 is 1.35 bits per heavy atom. The summed E-state index contributed by atoms with van der Waals surface area (Å²) in [5, 5.41) is 4.99. The van der Waals surface area contributed by atoms with Crippen molar-refractivity contribution in [3.8, 4) is 0 Å². The number of nitrogens with one attached hydrogen (secondary N) is 1. The SMILES string of the molecule is Clc1ccc(SC2COC2)c(CNC2CC2)c1. The molecule has 2 fully saturated rings. The van der Waals surface area contributed by atoms with E-state index < -0.39 is 0 Å². The Hall–Kier alpha value is -0.220. The van der Waals surface area contributed by atoms with E-state index in [0.717, 1.165) is 30.8 Å². The Labute approximate surface area is 111 Å². The molecule has 4 heteroatoms. The Balaban J connectivity index is 1.69. The number of benzene rings is 1. The van der Waals surface area contributed by atoms with Crippen molar-refractivity contribution in [1.29, 1.82) is 0 Å². The largest absolute Gasteiger partial charge is 0.379 e. The fraction of sp³-hybridized carbons (Fsp3) is 0.538. The summed E-state index contributed by atoms with van der Waals surface area (Å²) < 4.78 is 5.22. The van der Waals surface area contributed by atoms with Gasteiger partial charge in [-0.3, -0.25) is 0 Å². The highest BCUT2D eigenvalue weighted by molar-refractivity contribution is 8.00. The monoisotopic (exact) mass is 269 g/mol. The van der Waals surface area contributed by atoms with E-state index in [1.54, 1.807) is 0 Å². The molecule has 1 aromatic rings. The molecule has 3 rings (SSSR count). The standard InChI is InChI=1S/C13H16ClNOS/c14-10-1-4-13(17-12-7-16-8-12)9(5-10)6-15-11-2-3-11/h1,4-5,11-12,15H,2-3,6-8H2. The van der Waals surface area contributed by atoms with E-state index in [9.17, 15) is 0 Å². The molecule has 1 N–H and O–H groups in total. The van der Waals surface area contributed by atoms with Crippen molar-refractivity contribution in [3.05, 3.63) is 28.8 Å². The second kappa shape index (κ2) is 5.19. The van der Waals surface area contributed by atoms with E-state index in [1.807, 2.05) is 17.8 Å². The number of halogens is 1. The highest BCUT2D eigenvalue weighted by Gasteiger charge is 2.23. The van der Waals surface area contributed by atoms with E-state index in [-0.39, 0.29) is 0 Å². The van der Waals surface area contributed by atoms with Gasteiger partial charge >= 0.3 is 0 Å². The molecule has 2 nitrogen and oxygen atoms in total. The maximum absolute atomic E-state index is 6.07. The van der Waals surface area contributed by atoms with Crippen LogP contribution >= 0.6 is 23.4 Å². The molecule has 0 unspecified atom stereocenters. The molecule has 1 saturated heterocycles. The zero-order valence-corrected chi connectivity index (χ0v) is 11.2. The third-order valence-electron chi connectivity index (χ3n) is 3.08. The van der Waals surface area contributed by atoms with Gasteiger partial charge in [-0.1, -0.05) is 11.6 Å². The van der Waals surface area contributed by atoms with Crippen molar-refractivity contribution in [3.63, 3.8) is 0 Å². The van der Waals surface area contributed by atoms with Crippen molar-refractivity contribution in [1.82, 2.24) is 5.32 Å². The van der Waals surface area contributed by atoms with Crippen LogP contribution in [0.3, 0.4) is 0 Å². The van der Waals surface area contributed by atoms with Crippen molar-refractivity contribution < 1.29 is 4.74 Å². The van der Waals surface area contributed by atoms with Crippen molar-refractivity contribution >= 4 is 23.4 Å². The van der Waals surface area contributed by atoms with Gasteiger partial charge in [-0.2, -0.15) is 0 Å². The zero-order chi connectivity index (χ0) is 11.7. The van der Waals surface area contributed by atoms with Crippen LogP contribution in [0.25, 0.3) is 0 Å². The summed E-state index contributed by atoms with van der Waals surface area (Å²) >= 11 is 7.98. The number of hydrogen-bond acceptors (Lipinski definition) is 3. The van der Waals surface area contributed by atoms with E-state index in [4.69, 9.17) is 16.3 Å². The summed E-state index contributed by atoms with van der Waals surface area (Å²) in [5.74, 6) is 0. The fourth-order valence-electron chi connectivity index (χ4n) is 1.80. The summed E-state index contributed by atoms with van der Waals surface area (Å²) in [5.41, 5.74) is 1.32. The van der Waals surface area contributed by atoms with Gasteiger partial charge < -0.3 is 10.1 Å². The second-order valence-corrected chi connectivity index (χ2v) is 6.46. The van der Waals surface area contributed by atoms with Crippen LogP contribution < -0.4 is 5.32 Å². The Morgan fingerprint density at radius 3 is 2.82 bits per heavy atom. The highest BCUT2D eigenvalue weighted by atomic mass is 35.5. The molecule has 0 amide bonds. The van der Waals surface area contributed by atoms with Gasteiger partial charge in [0.15, 0.2) is 0 Å². The van der Waals surface area contributed by atoms with Gasteiger partial charge in [0.05, 0.1) is 18.5 Å². The van der Waals surface area contributed by atoms with Crippen LogP contribution in [-0.4, -0.2) is 24.5 Å². The first kappa shape index (κ1) is 11.8. The van der Waals surface area contributed by atoms with E-state index in [0.29, 0.717) is 5.25 Å². The summed E-state index contributed by atoms with van der Waals surface area (Å²) in [7, 11) is 0. The summed E-state index contributed by atoms with van der Waals surface area (Å²) in [6.07, 6.45) is 2.64. The lowest BCUT2D eigenvalue weighted by Crippen LogP contribution is -2.30. The molecule has 1 aliphatic carbocycles. The molecule has 1 heterocycles. The Kier molecular flexibility index (Phi) is 3.61. The molecular formula is C13H16ClNOS. The van der Waals surface area contributed by atoms with Crippen molar-refractivity contribution in [2.24, 2.45) is 0 Å². The van der Waals surface area contributed by atoms with E-state index >= 15 is 0 Å². The lowest BCUT2D eigenvalue weighted by atomic mass is 10.2. The normalized spacial score (nSPS) is 20.3. The molecule has 0 radical (unpaired) electrons. The Morgan fingerprint density at radius 2 is 2.18 bits per heavy atom. The lowest BCUT2D eigenvalue weighted by Gasteiger charge is -2.26. The first-order valence-corrected chi connectivity index (χ1v) is 7.33. The number of thioether (sulfide) groups is 1. The maximum atomic E-state index is 6.07. The molecule has 1 aromatic carbocycles. The smallest absolute Gasteiger partial charge is 0.0611 e. The number of rotatable bonds is 5. The predicted molar refractivity (Wildman–Crippen MR) is 71.8 cm³/mol. The molecule has 0 aromatic heterocycles. The van der Waals surface area contributed by atoms with Gasteiger partial charge in [-0.15, -0.1) is 11.8 Å². The number of hydrogen-bond donors (Lipinski definition) is 1. The topological polar surface area (TPSA) is 21.3 Å². The average molecular weight is 270 g/mol. The molecule has 0 bridgehead atoms. The number of ether oxygens (including phenoxy) is 1. The second-order valence-electron chi connectivity index (χ2n) is 4.68. The molecule has 1 aliphatic heterocycles. The van der Waals surface area contributed by atoms with Crippen molar-refractivity contribution in [2.45, 2.75) is 35.6 Å². The first-order valence-electron chi connectivity index (χ1n) is 6.07. The quantitative estimate of drug-likeness (QED) is 0.888.